The van der Waals surface area contributed by atoms with Crippen LogP contribution in [0.1, 0.15) is 44.7 Å². The lowest BCUT2D eigenvalue weighted by Gasteiger charge is -2.18. The maximum Gasteiger partial charge on any atom is 0.338 e. The summed E-state index contributed by atoms with van der Waals surface area (Å²) in [7, 11) is 1.94. The fourth-order valence-corrected chi connectivity index (χ4v) is 2.41. The van der Waals surface area contributed by atoms with Crippen LogP contribution in [0.2, 0.25) is 0 Å². The molecule has 0 aromatic carbocycles. The molecule has 18 heavy (non-hydrogen) atoms. The molecule has 0 spiro atoms. The molecule has 98 valence electrons. The third-order valence-corrected chi connectivity index (χ3v) is 3.53. The minimum absolute atomic E-state index is 0.0451. The minimum atomic E-state index is -0.178. The summed E-state index contributed by atoms with van der Waals surface area (Å²) >= 11 is 0. The lowest BCUT2D eigenvalue weighted by atomic mass is 9.89. The quantitative estimate of drug-likeness (QED) is 0.469. The maximum atomic E-state index is 11.8. The highest BCUT2D eigenvalue weighted by Crippen LogP contribution is 2.24. The summed E-state index contributed by atoms with van der Waals surface area (Å²) in [6.45, 7) is 1.85. The molecule has 0 amide bonds. The van der Waals surface area contributed by atoms with E-state index in [-0.39, 0.29) is 11.9 Å². The Kier molecular flexibility index (Phi) is 4.18. The summed E-state index contributed by atoms with van der Waals surface area (Å²) in [4.78, 5) is 16.9. The molecule has 0 aliphatic heterocycles. The number of carbonyl (C=O) groups excluding carboxylic acids is 1. The summed E-state index contributed by atoms with van der Waals surface area (Å²) in [5.74, 6) is -0.132. The molecule has 0 radical (unpaired) electrons. The summed E-state index contributed by atoms with van der Waals surface area (Å²) < 4.78 is 1.95. The van der Waals surface area contributed by atoms with Crippen LogP contribution in [0.3, 0.4) is 0 Å². The number of aryl methyl sites for hydroxylation is 1. The Balaban J connectivity index is 1.93. The smallest absolute Gasteiger partial charge is 0.338 e. The van der Waals surface area contributed by atoms with Crippen LogP contribution >= 0.6 is 0 Å². The van der Waals surface area contributed by atoms with Crippen LogP contribution in [0, 0.1) is 5.92 Å². The monoisotopic (exact) mass is 248 g/mol. The minimum Gasteiger partial charge on any atom is -0.349 e. The number of nitrogens with zero attached hydrogens (tertiary/aromatic N) is 2. The molecule has 1 aliphatic carbocycles. The molecular formula is C14H20N2O2. The van der Waals surface area contributed by atoms with Crippen LogP contribution in [-0.4, -0.2) is 16.2 Å². The van der Waals surface area contributed by atoms with Crippen molar-refractivity contribution in [2.24, 2.45) is 18.1 Å². The molecule has 1 fully saturated rings. The topological polar surface area (TPSA) is 43.6 Å². The Morgan fingerprint density at radius 3 is 2.72 bits per heavy atom. The van der Waals surface area contributed by atoms with Gasteiger partial charge >= 0.3 is 5.97 Å². The van der Waals surface area contributed by atoms with Gasteiger partial charge in [0.05, 0.1) is 11.6 Å². The molecule has 1 saturated carbocycles. The third-order valence-electron chi connectivity index (χ3n) is 3.53. The lowest BCUT2D eigenvalue weighted by Crippen LogP contribution is -2.19. The Morgan fingerprint density at radius 2 is 2.11 bits per heavy atom. The molecule has 4 nitrogen and oxygen atoms in total. The van der Waals surface area contributed by atoms with E-state index in [0.29, 0.717) is 0 Å². The molecule has 1 aliphatic rings. The predicted octanol–water partition coefficient (Wildman–Crippen LogP) is 2.87. The van der Waals surface area contributed by atoms with E-state index in [0.717, 1.165) is 37.1 Å². The first-order valence-corrected chi connectivity index (χ1v) is 6.55. The van der Waals surface area contributed by atoms with Gasteiger partial charge in [0, 0.05) is 13.2 Å². The van der Waals surface area contributed by atoms with Crippen molar-refractivity contribution in [2.75, 3.05) is 0 Å². The average Bonchev–Trinajstić information content (AvgIpc) is 2.83. The molecule has 0 saturated heterocycles. The zero-order valence-corrected chi connectivity index (χ0v) is 11.1. The first kappa shape index (κ1) is 12.9. The standard InChI is InChI=1S/C14H20N2O2/c1-11(13-9-6-10-16(13)2)15-18-14(17)12-7-4-3-5-8-12/h6,9-10,12H,3-5,7-8H2,1-2H3. The second kappa shape index (κ2) is 5.85. The Bertz CT molecular complexity index is 442. The van der Waals surface area contributed by atoms with Crippen LogP contribution in [0.4, 0.5) is 0 Å². The van der Waals surface area contributed by atoms with Crippen molar-refractivity contribution in [1.82, 2.24) is 4.57 Å². The van der Waals surface area contributed by atoms with E-state index in [9.17, 15) is 4.79 Å². The first-order chi connectivity index (χ1) is 8.68. The molecule has 1 heterocycles. The average molecular weight is 248 g/mol. The van der Waals surface area contributed by atoms with Gasteiger partial charge in [0.1, 0.15) is 5.71 Å². The van der Waals surface area contributed by atoms with E-state index in [1.165, 1.54) is 6.42 Å². The third kappa shape index (κ3) is 3.00. The Morgan fingerprint density at radius 1 is 1.39 bits per heavy atom. The van der Waals surface area contributed by atoms with Crippen LogP contribution in [0.15, 0.2) is 23.5 Å². The van der Waals surface area contributed by atoms with Gasteiger partial charge in [-0.25, -0.2) is 4.79 Å². The van der Waals surface area contributed by atoms with Crippen molar-refractivity contribution in [3.8, 4) is 0 Å². The molecular weight excluding hydrogens is 228 g/mol. The number of oxime groups is 1. The molecule has 1 aromatic rings. The fourth-order valence-electron chi connectivity index (χ4n) is 2.41. The van der Waals surface area contributed by atoms with Crippen LogP contribution in [-0.2, 0) is 16.7 Å². The zero-order chi connectivity index (χ0) is 13.0. The van der Waals surface area contributed by atoms with Gasteiger partial charge in [-0.2, -0.15) is 0 Å². The molecule has 0 unspecified atom stereocenters. The lowest BCUT2D eigenvalue weighted by molar-refractivity contribution is -0.149. The van der Waals surface area contributed by atoms with Gasteiger partial charge in [-0.05, 0) is 31.9 Å². The van der Waals surface area contributed by atoms with Crippen molar-refractivity contribution in [2.45, 2.75) is 39.0 Å². The van der Waals surface area contributed by atoms with E-state index in [2.05, 4.69) is 5.16 Å². The van der Waals surface area contributed by atoms with Crippen molar-refractivity contribution >= 4 is 11.7 Å². The highest BCUT2D eigenvalue weighted by atomic mass is 16.7. The van der Waals surface area contributed by atoms with Gasteiger partial charge in [-0.1, -0.05) is 24.4 Å². The number of hydrogen-bond donors (Lipinski definition) is 0. The number of carbonyl (C=O) groups is 1. The second-order valence-electron chi connectivity index (χ2n) is 4.93. The number of aromatic nitrogens is 1. The number of rotatable bonds is 3. The summed E-state index contributed by atoms with van der Waals surface area (Å²) in [6, 6.07) is 3.89. The highest BCUT2D eigenvalue weighted by Gasteiger charge is 2.22. The summed E-state index contributed by atoms with van der Waals surface area (Å²) in [5.41, 5.74) is 1.69. The van der Waals surface area contributed by atoms with E-state index in [1.807, 2.05) is 36.9 Å². The highest BCUT2D eigenvalue weighted by molar-refractivity contribution is 5.97. The van der Waals surface area contributed by atoms with E-state index in [4.69, 9.17) is 4.84 Å². The molecule has 0 N–H and O–H groups in total. The SMILES string of the molecule is CC(=NOC(=O)C1CCCCC1)c1cccn1C. The van der Waals surface area contributed by atoms with Crippen molar-refractivity contribution in [3.05, 3.63) is 24.0 Å². The zero-order valence-electron chi connectivity index (χ0n) is 11.1. The summed E-state index contributed by atoms with van der Waals surface area (Å²) in [5, 5.41) is 3.95. The molecule has 2 rings (SSSR count). The normalized spacial score (nSPS) is 17.8. The van der Waals surface area contributed by atoms with Crippen LogP contribution < -0.4 is 0 Å². The first-order valence-electron chi connectivity index (χ1n) is 6.55. The van der Waals surface area contributed by atoms with Crippen LogP contribution in [0.25, 0.3) is 0 Å². The second-order valence-corrected chi connectivity index (χ2v) is 4.93. The van der Waals surface area contributed by atoms with Gasteiger partial charge in [0.15, 0.2) is 0 Å². The van der Waals surface area contributed by atoms with Crippen LogP contribution in [0.5, 0.6) is 0 Å². The molecule has 4 heteroatoms. The predicted molar refractivity (Wildman–Crippen MR) is 70.3 cm³/mol. The molecule has 0 bridgehead atoms. The van der Waals surface area contributed by atoms with E-state index in [1.54, 1.807) is 0 Å². The van der Waals surface area contributed by atoms with Gasteiger partial charge in [-0.15, -0.1) is 0 Å². The molecule has 0 atom stereocenters. The summed E-state index contributed by atoms with van der Waals surface area (Å²) in [6.07, 6.45) is 7.31. The maximum absolute atomic E-state index is 11.8. The Hall–Kier alpha value is -1.58. The largest absolute Gasteiger partial charge is 0.349 e. The number of hydrogen-bond acceptors (Lipinski definition) is 3. The van der Waals surface area contributed by atoms with E-state index < -0.39 is 0 Å². The fraction of sp³-hybridized carbons (Fsp3) is 0.571. The van der Waals surface area contributed by atoms with Crippen molar-refractivity contribution < 1.29 is 9.63 Å². The van der Waals surface area contributed by atoms with E-state index >= 15 is 0 Å². The van der Waals surface area contributed by atoms with Crippen molar-refractivity contribution in [1.29, 1.82) is 0 Å². The van der Waals surface area contributed by atoms with Gasteiger partial charge in [0.25, 0.3) is 0 Å². The van der Waals surface area contributed by atoms with Crippen molar-refractivity contribution in [3.63, 3.8) is 0 Å². The van der Waals surface area contributed by atoms with Gasteiger partial charge in [0.2, 0.25) is 0 Å². The Labute approximate surface area is 108 Å². The van der Waals surface area contributed by atoms with Gasteiger partial charge < -0.3 is 9.40 Å². The van der Waals surface area contributed by atoms with Gasteiger partial charge in [-0.3, -0.25) is 0 Å². The molecule has 1 aromatic heterocycles.